The van der Waals surface area contributed by atoms with Gasteiger partial charge in [0.05, 0.1) is 6.10 Å². The summed E-state index contributed by atoms with van der Waals surface area (Å²) < 4.78 is 5.67. The van der Waals surface area contributed by atoms with E-state index in [-0.39, 0.29) is 6.10 Å². The van der Waals surface area contributed by atoms with E-state index in [1.54, 1.807) is 0 Å². The predicted molar refractivity (Wildman–Crippen MR) is 80.4 cm³/mol. The van der Waals surface area contributed by atoms with Crippen molar-refractivity contribution >= 4 is 5.57 Å². The first kappa shape index (κ1) is 14.2. The van der Waals surface area contributed by atoms with E-state index in [9.17, 15) is 0 Å². The normalized spacial score (nSPS) is 17.1. The molecule has 0 spiro atoms. The second-order valence-electron chi connectivity index (χ2n) is 6.05. The second-order valence-corrected chi connectivity index (χ2v) is 6.05. The maximum absolute atomic E-state index is 5.67. The van der Waals surface area contributed by atoms with E-state index in [1.165, 1.54) is 17.7 Å². The zero-order chi connectivity index (χ0) is 13.8. The van der Waals surface area contributed by atoms with Crippen LogP contribution in [0.3, 0.4) is 0 Å². The van der Waals surface area contributed by atoms with E-state index in [2.05, 4.69) is 42.1 Å². The van der Waals surface area contributed by atoms with Gasteiger partial charge in [0.1, 0.15) is 0 Å². The van der Waals surface area contributed by atoms with Crippen molar-refractivity contribution in [1.82, 2.24) is 9.88 Å². The molecule has 0 fully saturated rings. The lowest BCUT2D eigenvalue weighted by molar-refractivity contribution is 0.234. The van der Waals surface area contributed by atoms with Crippen molar-refractivity contribution in [3.63, 3.8) is 0 Å². The molecule has 0 aromatic carbocycles. The van der Waals surface area contributed by atoms with Crippen LogP contribution in [0.25, 0.3) is 5.57 Å². The average molecular weight is 262 g/mol. The van der Waals surface area contributed by atoms with Gasteiger partial charge >= 0.3 is 0 Å². The van der Waals surface area contributed by atoms with Gasteiger partial charge in [-0.15, -0.1) is 0 Å². The number of hydrogen-bond donors (Lipinski definition) is 1. The Bertz CT molecular complexity index is 432. The minimum Gasteiger partial charge on any atom is -0.476 e. The summed E-state index contributed by atoms with van der Waals surface area (Å²) in [4.78, 5) is 5.72. The first-order valence-electron chi connectivity index (χ1n) is 7.31. The highest BCUT2D eigenvalue weighted by atomic mass is 16.5. The van der Waals surface area contributed by atoms with Crippen LogP contribution in [0.5, 0.6) is 5.88 Å². The van der Waals surface area contributed by atoms with Crippen molar-refractivity contribution in [3.05, 3.63) is 23.9 Å². The number of ether oxygens (including phenoxy) is 1. The summed E-state index contributed by atoms with van der Waals surface area (Å²) in [5.41, 5.74) is 2.72. The molecular weight excluding hydrogens is 236 g/mol. The van der Waals surface area contributed by atoms with Crippen molar-refractivity contribution in [3.8, 4) is 5.88 Å². The molecule has 2 heterocycles. The number of aromatic amines is 1. The number of aromatic nitrogens is 1. The summed E-state index contributed by atoms with van der Waals surface area (Å²) in [6.07, 6.45) is 5.76. The molecule has 1 aromatic heterocycles. The lowest BCUT2D eigenvalue weighted by Gasteiger charge is -2.27. The highest BCUT2D eigenvalue weighted by Gasteiger charge is 2.15. The van der Waals surface area contributed by atoms with Gasteiger partial charge in [-0.3, -0.25) is 4.90 Å². The topological polar surface area (TPSA) is 28.3 Å². The average Bonchev–Trinajstić information content (AvgIpc) is 2.76. The summed E-state index contributed by atoms with van der Waals surface area (Å²) in [5, 5.41) is 0. The summed E-state index contributed by atoms with van der Waals surface area (Å²) in [5.74, 6) is 1.61. The van der Waals surface area contributed by atoms with Gasteiger partial charge in [0, 0.05) is 31.9 Å². The monoisotopic (exact) mass is 262 g/mol. The van der Waals surface area contributed by atoms with Crippen LogP contribution in [0.2, 0.25) is 0 Å². The summed E-state index contributed by atoms with van der Waals surface area (Å²) in [6.45, 7) is 12.1. The zero-order valence-electron chi connectivity index (χ0n) is 12.6. The minimum atomic E-state index is 0.216. The maximum Gasteiger partial charge on any atom is 0.191 e. The Morgan fingerprint density at radius 3 is 2.68 bits per heavy atom. The number of rotatable bonds is 5. The molecule has 1 aromatic rings. The van der Waals surface area contributed by atoms with Crippen LogP contribution in [0, 0.1) is 5.92 Å². The highest BCUT2D eigenvalue weighted by molar-refractivity contribution is 5.67. The molecule has 1 aliphatic heterocycles. The molecule has 0 radical (unpaired) electrons. The molecule has 3 nitrogen and oxygen atoms in total. The first-order valence-corrected chi connectivity index (χ1v) is 7.31. The van der Waals surface area contributed by atoms with Crippen molar-refractivity contribution in [2.24, 2.45) is 5.92 Å². The van der Waals surface area contributed by atoms with Gasteiger partial charge in [-0.2, -0.15) is 0 Å². The lowest BCUT2D eigenvalue weighted by Crippen LogP contribution is -2.31. The first-order chi connectivity index (χ1) is 9.04. The van der Waals surface area contributed by atoms with E-state index in [1.807, 2.05) is 13.8 Å². The molecule has 0 unspecified atom stereocenters. The Balaban J connectivity index is 1.96. The van der Waals surface area contributed by atoms with Crippen LogP contribution in [0.15, 0.2) is 18.3 Å². The molecule has 3 heteroatoms. The highest BCUT2D eigenvalue weighted by Crippen LogP contribution is 2.25. The largest absolute Gasteiger partial charge is 0.476 e. The number of nitrogens with one attached hydrogen (secondary N) is 1. The molecule has 0 aliphatic carbocycles. The van der Waals surface area contributed by atoms with Crippen LogP contribution in [-0.4, -0.2) is 35.6 Å². The van der Waals surface area contributed by atoms with Gasteiger partial charge in [-0.1, -0.05) is 19.9 Å². The molecule has 0 bridgehead atoms. The molecule has 0 atom stereocenters. The minimum absolute atomic E-state index is 0.216. The van der Waals surface area contributed by atoms with Gasteiger partial charge in [0.15, 0.2) is 5.88 Å². The summed E-state index contributed by atoms with van der Waals surface area (Å²) >= 11 is 0. The fourth-order valence-electron chi connectivity index (χ4n) is 2.54. The van der Waals surface area contributed by atoms with E-state index in [0.717, 1.165) is 31.3 Å². The Morgan fingerprint density at radius 2 is 2.11 bits per heavy atom. The third-order valence-corrected chi connectivity index (χ3v) is 3.31. The smallest absolute Gasteiger partial charge is 0.191 e. The predicted octanol–water partition coefficient (Wildman–Crippen LogP) is 3.55. The Kier molecular flexibility index (Phi) is 4.70. The molecule has 106 valence electrons. The van der Waals surface area contributed by atoms with E-state index >= 15 is 0 Å². The quantitative estimate of drug-likeness (QED) is 0.879. The second kappa shape index (κ2) is 6.29. The Hall–Kier alpha value is -1.22. The third-order valence-electron chi connectivity index (χ3n) is 3.31. The van der Waals surface area contributed by atoms with Gasteiger partial charge in [-0.25, -0.2) is 0 Å². The maximum atomic E-state index is 5.67. The zero-order valence-corrected chi connectivity index (χ0v) is 12.6. The van der Waals surface area contributed by atoms with Gasteiger partial charge in [0.25, 0.3) is 0 Å². The third kappa shape index (κ3) is 4.13. The van der Waals surface area contributed by atoms with Crippen molar-refractivity contribution in [1.29, 1.82) is 0 Å². The molecule has 2 rings (SSSR count). The molecule has 0 saturated heterocycles. The fraction of sp³-hybridized carbons (Fsp3) is 0.625. The summed E-state index contributed by atoms with van der Waals surface area (Å²) in [7, 11) is 0. The fourth-order valence-corrected chi connectivity index (χ4v) is 2.54. The van der Waals surface area contributed by atoms with Crippen molar-refractivity contribution < 1.29 is 4.74 Å². The molecule has 1 N–H and O–H groups in total. The summed E-state index contributed by atoms with van der Waals surface area (Å²) in [6, 6.07) is 2.12. The number of nitrogens with zero attached hydrogens (tertiary/aromatic N) is 1. The van der Waals surface area contributed by atoms with Gasteiger partial charge in [-0.05, 0) is 37.3 Å². The van der Waals surface area contributed by atoms with E-state index in [4.69, 9.17) is 4.74 Å². The Morgan fingerprint density at radius 1 is 1.32 bits per heavy atom. The lowest BCUT2D eigenvalue weighted by atomic mass is 10.0. The van der Waals surface area contributed by atoms with Crippen LogP contribution < -0.4 is 4.74 Å². The number of H-pyrrole nitrogens is 1. The van der Waals surface area contributed by atoms with Crippen LogP contribution in [-0.2, 0) is 0 Å². The number of hydrogen-bond acceptors (Lipinski definition) is 2. The Labute approximate surface area is 116 Å². The molecular formula is C16H26N2O. The van der Waals surface area contributed by atoms with Crippen LogP contribution >= 0.6 is 0 Å². The van der Waals surface area contributed by atoms with E-state index in [0.29, 0.717) is 0 Å². The van der Waals surface area contributed by atoms with Crippen LogP contribution in [0.1, 0.15) is 39.7 Å². The van der Waals surface area contributed by atoms with Crippen molar-refractivity contribution in [2.75, 3.05) is 19.6 Å². The van der Waals surface area contributed by atoms with Crippen molar-refractivity contribution in [2.45, 2.75) is 40.2 Å². The molecule has 0 saturated carbocycles. The van der Waals surface area contributed by atoms with Gasteiger partial charge < -0.3 is 9.72 Å². The van der Waals surface area contributed by atoms with Gasteiger partial charge in [0.2, 0.25) is 0 Å². The SMILES string of the molecule is CC(C)CN1CC=C(c2c[nH]c(OC(C)C)c2)CC1. The molecule has 1 aliphatic rings. The molecule has 19 heavy (non-hydrogen) atoms. The van der Waals surface area contributed by atoms with E-state index < -0.39 is 0 Å². The molecule has 0 amide bonds. The van der Waals surface area contributed by atoms with Crippen LogP contribution in [0.4, 0.5) is 0 Å². The standard InChI is InChI=1S/C16H26N2O/c1-12(2)11-18-7-5-14(6-8-18)15-9-16(17-10-15)19-13(3)4/h5,9-10,12-13,17H,6-8,11H2,1-4H3.